The van der Waals surface area contributed by atoms with Crippen molar-refractivity contribution in [2.45, 2.75) is 20.3 Å². The zero-order chi connectivity index (χ0) is 10.2. The fourth-order valence-electron chi connectivity index (χ4n) is 1.68. The number of halogens is 1. The van der Waals surface area contributed by atoms with E-state index in [4.69, 9.17) is 0 Å². The minimum absolute atomic E-state index is 0.426. The van der Waals surface area contributed by atoms with E-state index in [-0.39, 0.29) is 0 Å². The van der Waals surface area contributed by atoms with Gasteiger partial charge in [0, 0.05) is 24.5 Å². The summed E-state index contributed by atoms with van der Waals surface area (Å²) < 4.78 is 12.7. The van der Waals surface area contributed by atoms with Crippen molar-refractivity contribution >= 4 is 5.69 Å². The molecule has 1 aromatic heterocycles. The van der Waals surface area contributed by atoms with Gasteiger partial charge in [-0.15, -0.1) is 0 Å². The highest BCUT2D eigenvalue weighted by atomic mass is 19.1. The Bertz CT molecular complexity index is 336. The average Bonchev–Trinajstić information content (AvgIpc) is 2.71. The summed E-state index contributed by atoms with van der Waals surface area (Å²) in [7, 11) is 0. The predicted molar refractivity (Wildman–Crippen MR) is 54.6 cm³/mol. The summed E-state index contributed by atoms with van der Waals surface area (Å²) >= 11 is 0. The molecule has 76 valence electrons. The lowest BCUT2D eigenvalue weighted by Crippen LogP contribution is -2.07. The second kappa shape index (κ2) is 3.23. The largest absolute Gasteiger partial charge is 0.385 e. The maximum Gasteiger partial charge on any atom is 0.214 e. The van der Waals surface area contributed by atoms with E-state index in [0.717, 1.165) is 18.2 Å². The van der Waals surface area contributed by atoms with Crippen molar-refractivity contribution in [2.24, 2.45) is 11.3 Å². The molecule has 1 heterocycles. The number of hydrogen-bond donors (Lipinski definition) is 1. The van der Waals surface area contributed by atoms with Crippen LogP contribution in [0.2, 0.25) is 0 Å². The van der Waals surface area contributed by atoms with Crippen LogP contribution in [-0.2, 0) is 0 Å². The predicted octanol–water partition coefficient (Wildman–Crippen LogP) is 2.68. The Kier molecular flexibility index (Phi) is 2.17. The summed E-state index contributed by atoms with van der Waals surface area (Å²) in [5, 5.41) is 3.22. The second-order valence-corrected chi connectivity index (χ2v) is 4.64. The van der Waals surface area contributed by atoms with Crippen LogP contribution in [0, 0.1) is 17.3 Å². The number of hydrogen-bond acceptors (Lipinski definition) is 2. The van der Waals surface area contributed by atoms with Gasteiger partial charge < -0.3 is 5.32 Å². The first kappa shape index (κ1) is 9.44. The van der Waals surface area contributed by atoms with E-state index in [2.05, 4.69) is 24.1 Å². The molecule has 0 radical (unpaired) electrons. The van der Waals surface area contributed by atoms with Gasteiger partial charge in [0.25, 0.3) is 0 Å². The molecule has 3 heteroatoms. The fourth-order valence-corrected chi connectivity index (χ4v) is 1.68. The zero-order valence-corrected chi connectivity index (χ0v) is 8.55. The molecule has 0 bridgehead atoms. The summed E-state index contributed by atoms with van der Waals surface area (Å²) in [6, 6.07) is 3.22. The van der Waals surface area contributed by atoms with E-state index in [1.807, 2.05) is 0 Å². The van der Waals surface area contributed by atoms with Gasteiger partial charge in [0.2, 0.25) is 5.95 Å². The van der Waals surface area contributed by atoms with Gasteiger partial charge in [-0.25, -0.2) is 4.98 Å². The van der Waals surface area contributed by atoms with E-state index in [0.29, 0.717) is 5.41 Å². The van der Waals surface area contributed by atoms with Gasteiger partial charge in [-0.1, -0.05) is 13.8 Å². The SMILES string of the molecule is CC1(C)CC1CNc1ccnc(F)c1. The lowest BCUT2D eigenvalue weighted by molar-refractivity contribution is 0.571. The van der Waals surface area contributed by atoms with Crippen LogP contribution in [0.15, 0.2) is 18.3 Å². The Morgan fingerprint density at radius 1 is 1.64 bits per heavy atom. The number of anilines is 1. The van der Waals surface area contributed by atoms with Gasteiger partial charge in [0.05, 0.1) is 0 Å². The summed E-state index contributed by atoms with van der Waals surface area (Å²) in [6.07, 6.45) is 2.74. The molecule has 0 spiro atoms. The van der Waals surface area contributed by atoms with E-state index >= 15 is 0 Å². The van der Waals surface area contributed by atoms with Crippen molar-refractivity contribution in [3.63, 3.8) is 0 Å². The molecule has 0 saturated heterocycles. The van der Waals surface area contributed by atoms with E-state index in [1.165, 1.54) is 18.7 Å². The molecule has 1 aliphatic rings. The van der Waals surface area contributed by atoms with Gasteiger partial charge in [-0.3, -0.25) is 0 Å². The number of nitrogens with one attached hydrogen (secondary N) is 1. The van der Waals surface area contributed by atoms with Crippen LogP contribution in [0.4, 0.5) is 10.1 Å². The number of rotatable bonds is 3. The van der Waals surface area contributed by atoms with E-state index in [1.54, 1.807) is 6.07 Å². The Hall–Kier alpha value is -1.12. The Labute approximate surface area is 83.6 Å². The highest BCUT2D eigenvalue weighted by Crippen LogP contribution is 2.51. The van der Waals surface area contributed by atoms with Crippen LogP contribution in [0.1, 0.15) is 20.3 Å². The maximum absolute atomic E-state index is 12.7. The lowest BCUT2D eigenvalue weighted by atomic mass is 10.1. The molecule has 1 unspecified atom stereocenters. The third-order valence-electron chi connectivity index (χ3n) is 3.00. The third-order valence-corrected chi connectivity index (χ3v) is 3.00. The van der Waals surface area contributed by atoms with Crippen LogP contribution >= 0.6 is 0 Å². The Morgan fingerprint density at radius 3 is 2.93 bits per heavy atom. The highest BCUT2D eigenvalue weighted by molar-refractivity contribution is 5.41. The molecule has 1 atom stereocenters. The van der Waals surface area contributed by atoms with Crippen LogP contribution in [0.3, 0.4) is 0 Å². The maximum atomic E-state index is 12.7. The first-order chi connectivity index (χ1) is 6.58. The van der Waals surface area contributed by atoms with Crippen LogP contribution in [0.25, 0.3) is 0 Å². The molecule has 2 nitrogen and oxygen atoms in total. The first-order valence-electron chi connectivity index (χ1n) is 4.93. The van der Waals surface area contributed by atoms with Gasteiger partial charge in [-0.2, -0.15) is 4.39 Å². The Morgan fingerprint density at radius 2 is 2.36 bits per heavy atom. The minimum Gasteiger partial charge on any atom is -0.385 e. The number of pyridine rings is 1. The van der Waals surface area contributed by atoms with Crippen molar-refractivity contribution < 1.29 is 4.39 Å². The quantitative estimate of drug-likeness (QED) is 0.748. The molecule has 1 fully saturated rings. The van der Waals surface area contributed by atoms with Crippen molar-refractivity contribution in [1.82, 2.24) is 4.98 Å². The zero-order valence-electron chi connectivity index (χ0n) is 8.55. The molecule has 0 aliphatic heterocycles. The van der Waals surface area contributed by atoms with Crippen molar-refractivity contribution in [3.8, 4) is 0 Å². The van der Waals surface area contributed by atoms with Gasteiger partial charge in [-0.05, 0) is 23.8 Å². The topological polar surface area (TPSA) is 24.9 Å². The van der Waals surface area contributed by atoms with E-state index in [9.17, 15) is 4.39 Å². The first-order valence-corrected chi connectivity index (χ1v) is 4.93. The van der Waals surface area contributed by atoms with Crippen molar-refractivity contribution in [1.29, 1.82) is 0 Å². The molecular weight excluding hydrogens is 179 g/mol. The van der Waals surface area contributed by atoms with Crippen LogP contribution in [0.5, 0.6) is 0 Å². The van der Waals surface area contributed by atoms with Gasteiger partial charge >= 0.3 is 0 Å². The number of aromatic nitrogens is 1. The van der Waals surface area contributed by atoms with Gasteiger partial charge in [0.1, 0.15) is 0 Å². The summed E-state index contributed by atoms with van der Waals surface area (Å²) in [5.41, 5.74) is 1.29. The summed E-state index contributed by atoms with van der Waals surface area (Å²) in [6.45, 7) is 5.44. The summed E-state index contributed by atoms with van der Waals surface area (Å²) in [5.74, 6) is 0.295. The standard InChI is InChI=1S/C11H15FN2/c1-11(2)6-8(11)7-14-9-3-4-13-10(12)5-9/h3-5,8H,6-7H2,1-2H3,(H,13,14). The van der Waals surface area contributed by atoms with Crippen molar-refractivity contribution in [3.05, 3.63) is 24.3 Å². The molecule has 0 amide bonds. The smallest absolute Gasteiger partial charge is 0.214 e. The average molecular weight is 194 g/mol. The molecule has 1 N–H and O–H groups in total. The molecule has 1 saturated carbocycles. The van der Waals surface area contributed by atoms with E-state index < -0.39 is 5.95 Å². The molecule has 0 aromatic carbocycles. The fraction of sp³-hybridized carbons (Fsp3) is 0.545. The lowest BCUT2D eigenvalue weighted by Gasteiger charge is -2.07. The van der Waals surface area contributed by atoms with Crippen LogP contribution < -0.4 is 5.32 Å². The number of nitrogens with zero attached hydrogens (tertiary/aromatic N) is 1. The second-order valence-electron chi connectivity index (χ2n) is 4.64. The van der Waals surface area contributed by atoms with Crippen molar-refractivity contribution in [2.75, 3.05) is 11.9 Å². The molecule has 1 aromatic rings. The molecule has 2 rings (SSSR count). The summed E-state index contributed by atoms with van der Waals surface area (Å²) in [4.78, 5) is 3.50. The minimum atomic E-state index is -0.426. The molecular formula is C11H15FN2. The molecule has 14 heavy (non-hydrogen) atoms. The highest BCUT2D eigenvalue weighted by Gasteiger charge is 2.44. The molecule has 1 aliphatic carbocycles. The monoisotopic (exact) mass is 194 g/mol. The third kappa shape index (κ3) is 2.03. The Balaban J connectivity index is 1.87. The normalized spacial score (nSPS) is 23.2. The van der Waals surface area contributed by atoms with Gasteiger partial charge in [0.15, 0.2) is 0 Å². The van der Waals surface area contributed by atoms with Crippen LogP contribution in [-0.4, -0.2) is 11.5 Å².